The molecule has 0 radical (unpaired) electrons. The number of fused-ring (bicyclic) bond motifs is 1. The van der Waals surface area contributed by atoms with E-state index in [9.17, 15) is 4.79 Å². The number of pyridine rings is 1. The number of thiophene rings is 1. The van der Waals surface area contributed by atoms with Crippen LogP contribution in [0, 0.1) is 0 Å². The summed E-state index contributed by atoms with van der Waals surface area (Å²) in [6.07, 6.45) is 0. The summed E-state index contributed by atoms with van der Waals surface area (Å²) < 4.78 is 0. The van der Waals surface area contributed by atoms with Gasteiger partial charge in [0, 0.05) is 11.1 Å². The summed E-state index contributed by atoms with van der Waals surface area (Å²) in [6.45, 7) is 4.31. The number of carbonyl (C=O) groups excluding carboxylic acids is 1. The van der Waals surface area contributed by atoms with E-state index in [2.05, 4.69) is 31.3 Å². The molecule has 3 nitrogen and oxygen atoms in total. The third-order valence-corrected chi connectivity index (χ3v) is 5.46. The maximum atomic E-state index is 13.0. The quantitative estimate of drug-likeness (QED) is 0.454. The van der Waals surface area contributed by atoms with Gasteiger partial charge < -0.3 is 5.32 Å². The number of rotatable bonds is 4. The van der Waals surface area contributed by atoms with E-state index in [1.165, 1.54) is 5.56 Å². The zero-order valence-corrected chi connectivity index (χ0v) is 16.1. The first-order chi connectivity index (χ1) is 13.1. The second-order valence-electron chi connectivity index (χ2n) is 6.78. The fraction of sp³-hybridized carbons (Fsp3) is 0.130. The molecule has 0 unspecified atom stereocenters. The number of benzene rings is 2. The van der Waals surface area contributed by atoms with E-state index in [0.29, 0.717) is 11.5 Å². The number of hydrogen-bond acceptors (Lipinski definition) is 3. The third kappa shape index (κ3) is 3.62. The number of hydrogen-bond donors (Lipinski definition) is 1. The van der Waals surface area contributed by atoms with E-state index < -0.39 is 0 Å². The molecule has 4 rings (SSSR count). The molecule has 134 valence electrons. The molecule has 2 heterocycles. The Bertz CT molecular complexity index is 1080. The molecule has 0 saturated heterocycles. The summed E-state index contributed by atoms with van der Waals surface area (Å²) in [6, 6.07) is 21.7. The molecule has 0 aliphatic carbocycles. The lowest BCUT2D eigenvalue weighted by Gasteiger charge is -2.11. The second-order valence-corrected chi connectivity index (χ2v) is 7.73. The molecule has 1 N–H and O–H groups in total. The number of nitrogens with zero attached hydrogens (tertiary/aromatic N) is 1. The molecule has 0 saturated carbocycles. The highest BCUT2D eigenvalue weighted by molar-refractivity contribution is 7.13. The fourth-order valence-electron chi connectivity index (χ4n) is 3.06. The van der Waals surface area contributed by atoms with Crippen LogP contribution in [0.25, 0.3) is 21.5 Å². The highest BCUT2D eigenvalue weighted by Crippen LogP contribution is 2.28. The number of anilines is 1. The van der Waals surface area contributed by atoms with Crippen molar-refractivity contribution in [2.24, 2.45) is 0 Å². The van der Waals surface area contributed by atoms with Gasteiger partial charge in [0.05, 0.1) is 21.7 Å². The minimum atomic E-state index is -0.122. The second kappa shape index (κ2) is 7.33. The first-order valence-electron chi connectivity index (χ1n) is 8.97. The summed E-state index contributed by atoms with van der Waals surface area (Å²) >= 11 is 1.62. The Balaban J connectivity index is 1.72. The van der Waals surface area contributed by atoms with E-state index >= 15 is 0 Å². The Kier molecular flexibility index (Phi) is 4.73. The first kappa shape index (κ1) is 17.4. The molecule has 0 spiro atoms. The molecule has 0 fully saturated rings. The third-order valence-electron chi connectivity index (χ3n) is 4.57. The summed E-state index contributed by atoms with van der Waals surface area (Å²) in [5.74, 6) is 0.343. The molecular weight excluding hydrogens is 352 g/mol. The Hall–Kier alpha value is -2.98. The standard InChI is InChI=1S/C23H20N2OS/c1-15(2)16-9-11-17(12-10-16)24-23(26)19-14-21(22-8-5-13-27-22)25-20-7-4-3-6-18(19)20/h3-15H,1-2H3,(H,24,26). The Morgan fingerprint density at radius 2 is 1.78 bits per heavy atom. The van der Waals surface area contributed by atoms with Gasteiger partial charge in [0.2, 0.25) is 0 Å². The smallest absolute Gasteiger partial charge is 0.256 e. The van der Waals surface area contributed by atoms with Crippen LogP contribution in [0.3, 0.4) is 0 Å². The normalized spacial score (nSPS) is 11.1. The zero-order chi connectivity index (χ0) is 18.8. The Morgan fingerprint density at radius 3 is 2.48 bits per heavy atom. The molecule has 2 aromatic carbocycles. The molecule has 0 atom stereocenters. The lowest BCUT2D eigenvalue weighted by atomic mass is 10.0. The summed E-state index contributed by atoms with van der Waals surface area (Å²) in [5, 5.41) is 5.90. The monoisotopic (exact) mass is 372 g/mol. The number of aromatic nitrogens is 1. The van der Waals surface area contributed by atoms with Crippen LogP contribution in [0.15, 0.2) is 72.1 Å². The van der Waals surface area contributed by atoms with E-state index in [1.807, 2.05) is 60.0 Å². The van der Waals surface area contributed by atoms with Crippen molar-refractivity contribution in [3.8, 4) is 10.6 Å². The van der Waals surface area contributed by atoms with Crippen molar-refractivity contribution >= 4 is 33.8 Å². The summed E-state index contributed by atoms with van der Waals surface area (Å²) in [7, 11) is 0. The van der Waals surface area contributed by atoms with Crippen LogP contribution in [-0.2, 0) is 0 Å². The Morgan fingerprint density at radius 1 is 1.00 bits per heavy atom. The van der Waals surface area contributed by atoms with Crippen molar-refractivity contribution < 1.29 is 4.79 Å². The highest BCUT2D eigenvalue weighted by Gasteiger charge is 2.14. The van der Waals surface area contributed by atoms with E-state index in [-0.39, 0.29) is 5.91 Å². The number of carbonyl (C=O) groups is 1. The predicted octanol–water partition coefficient (Wildman–Crippen LogP) is 6.34. The van der Waals surface area contributed by atoms with Gasteiger partial charge in [-0.05, 0) is 47.2 Å². The van der Waals surface area contributed by atoms with Crippen molar-refractivity contribution in [1.29, 1.82) is 0 Å². The molecular formula is C23H20N2OS. The van der Waals surface area contributed by atoms with Gasteiger partial charge in [-0.1, -0.05) is 50.2 Å². The van der Waals surface area contributed by atoms with Gasteiger partial charge in [-0.15, -0.1) is 11.3 Å². The highest BCUT2D eigenvalue weighted by atomic mass is 32.1. The first-order valence-corrected chi connectivity index (χ1v) is 9.85. The lowest BCUT2D eigenvalue weighted by Crippen LogP contribution is -2.13. The van der Waals surface area contributed by atoms with Crippen LogP contribution in [0.4, 0.5) is 5.69 Å². The van der Waals surface area contributed by atoms with Gasteiger partial charge >= 0.3 is 0 Å². The topological polar surface area (TPSA) is 42.0 Å². The molecule has 2 aromatic heterocycles. The van der Waals surface area contributed by atoms with Gasteiger partial charge in [-0.25, -0.2) is 4.98 Å². The van der Waals surface area contributed by atoms with E-state index in [1.54, 1.807) is 11.3 Å². The molecule has 0 aliphatic heterocycles. The number of para-hydroxylation sites is 1. The molecule has 1 amide bonds. The number of amides is 1. The molecule has 27 heavy (non-hydrogen) atoms. The van der Waals surface area contributed by atoms with Crippen molar-refractivity contribution in [3.63, 3.8) is 0 Å². The van der Waals surface area contributed by atoms with E-state index in [4.69, 9.17) is 4.98 Å². The fourth-order valence-corrected chi connectivity index (χ4v) is 3.75. The average molecular weight is 372 g/mol. The maximum Gasteiger partial charge on any atom is 0.256 e. The van der Waals surface area contributed by atoms with Gasteiger partial charge in [0.1, 0.15) is 0 Å². The summed E-state index contributed by atoms with van der Waals surface area (Å²) in [4.78, 5) is 18.8. The minimum absolute atomic E-state index is 0.122. The van der Waals surface area contributed by atoms with Gasteiger partial charge in [0.15, 0.2) is 0 Å². The van der Waals surface area contributed by atoms with Crippen molar-refractivity contribution in [2.75, 3.05) is 5.32 Å². The molecule has 0 aliphatic rings. The average Bonchev–Trinajstić information content (AvgIpc) is 3.22. The molecule has 0 bridgehead atoms. The summed E-state index contributed by atoms with van der Waals surface area (Å²) in [5.41, 5.74) is 4.33. The maximum absolute atomic E-state index is 13.0. The van der Waals surface area contributed by atoms with Crippen LogP contribution >= 0.6 is 11.3 Å². The van der Waals surface area contributed by atoms with Crippen molar-refractivity contribution in [3.05, 3.63) is 83.2 Å². The van der Waals surface area contributed by atoms with Gasteiger partial charge in [0.25, 0.3) is 5.91 Å². The lowest BCUT2D eigenvalue weighted by molar-refractivity contribution is 0.102. The van der Waals surface area contributed by atoms with Crippen LogP contribution in [0.1, 0.15) is 35.7 Å². The largest absolute Gasteiger partial charge is 0.322 e. The van der Waals surface area contributed by atoms with Gasteiger partial charge in [-0.3, -0.25) is 4.79 Å². The van der Waals surface area contributed by atoms with Crippen molar-refractivity contribution in [2.45, 2.75) is 19.8 Å². The Labute approximate surface area is 162 Å². The van der Waals surface area contributed by atoms with Gasteiger partial charge in [-0.2, -0.15) is 0 Å². The minimum Gasteiger partial charge on any atom is -0.322 e. The van der Waals surface area contributed by atoms with E-state index in [0.717, 1.165) is 27.2 Å². The van der Waals surface area contributed by atoms with Crippen LogP contribution in [0.2, 0.25) is 0 Å². The SMILES string of the molecule is CC(C)c1ccc(NC(=O)c2cc(-c3cccs3)nc3ccccc23)cc1. The zero-order valence-electron chi connectivity index (χ0n) is 15.3. The predicted molar refractivity (Wildman–Crippen MR) is 114 cm³/mol. The molecule has 4 aromatic rings. The van der Waals surface area contributed by atoms with Crippen molar-refractivity contribution in [1.82, 2.24) is 4.98 Å². The van der Waals surface area contributed by atoms with Crippen LogP contribution in [0.5, 0.6) is 0 Å². The number of nitrogens with one attached hydrogen (secondary N) is 1. The molecule has 4 heteroatoms. The van der Waals surface area contributed by atoms with Crippen LogP contribution in [-0.4, -0.2) is 10.9 Å². The van der Waals surface area contributed by atoms with Crippen LogP contribution < -0.4 is 5.32 Å².